The van der Waals surface area contributed by atoms with Crippen molar-refractivity contribution < 1.29 is 14.3 Å². The average Bonchev–Trinajstić information content (AvgIpc) is 2.67. The normalized spacial score (nSPS) is 26.2. The zero-order valence-corrected chi connectivity index (χ0v) is 10.2. The van der Waals surface area contributed by atoms with E-state index in [-0.39, 0.29) is 5.82 Å². The molecule has 0 saturated carbocycles. The molecule has 6 heteroatoms. The minimum absolute atomic E-state index is 0.0989. The molecule has 18 heavy (non-hydrogen) atoms. The zero-order chi connectivity index (χ0) is 12.5. The molecule has 2 saturated heterocycles. The maximum atomic E-state index is 11.3. The lowest BCUT2D eigenvalue weighted by Gasteiger charge is -2.36. The molecule has 0 N–H and O–H groups in total. The van der Waals surface area contributed by atoms with Gasteiger partial charge in [0.1, 0.15) is 0 Å². The van der Waals surface area contributed by atoms with E-state index in [1.807, 2.05) is 0 Å². The van der Waals surface area contributed by atoms with Crippen molar-refractivity contribution in [2.24, 2.45) is 0 Å². The van der Waals surface area contributed by atoms with Gasteiger partial charge in [0.2, 0.25) is 5.82 Å². The Kier molecular flexibility index (Phi) is 2.87. The molecule has 2 bridgehead atoms. The van der Waals surface area contributed by atoms with Crippen molar-refractivity contribution in [1.29, 1.82) is 0 Å². The zero-order valence-electron chi connectivity index (χ0n) is 10.2. The smallest absolute Gasteiger partial charge is 0.376 e. The van der Waals surface area contributed by atoms with Gasteiger partial charge >= 0.3 is 5.97 Å². The summed E-state index contributed by atoms with van der Waals surface area (Å²) in [6.45, 7) is 1.52. The number of ether oxygens (including phenoxy) is 2. The summed E-state index contributed by atoms with van der Waals surface area (Å²) in [5.74, 6) is -0.409. The van der Waals surface area contributed by atoms with Gasteiger partial charge < -0.3 is 14.4 Å². The summed E-state index contributed by atoms with van der Waals surface area (Å²) in [7, 11) is 1.32. The van der Waals surface area contributed by atoms with Crippen LogP contribution in [0.4, 0.5) is 5.69 Å². The molecule has 6 nitrogen and oxygen atoms in total. The number of carbonyl (C=O) groups excluding carboxylic acids is 1. The number of hydrogen-bond acceptors (Lipinski definition) is 6. The summed E-state index contributed by atoms with van der Waals surface area (Å²) in [4.78, 5) is 21.7. The summed E-state index contributed by atoms with van der Waals surface area (Å²) in [5, 5.41) is 0. The highest BCUT2D eigenvalue weighted by atomic mass is 16.5. The number of morpholine rings is 1. The third kappa shape index (κ3) is 1.82. The topological polar surface area (TPSA) is 64.5 Å². The molecule has 3 rings (SSSR count). The molecule has 1 aromatic heterocycles. The monoisotopic (exact) mass is 249 g/mol. The van der Waals surface area contributed by atoms with E-state index >= 15 is 0 Å². The standard InChI is InChI=1S/C12H15N3O3/c1-17-12(16)11-13-4-10(5-14-11)15-8-2-3-9(15)7-18-6-8/h4-5,8-9H,2-3,6-7H2,1H3. The van der Waals surface area contributed by atoms with Crippen LogP contribution in [-0.4, -0.2) is 48.3 Å². The Bertz CT molecular complexity index is 432. The van der Waals surface area contributed by atoms with Gasteiger partial charge in [0.15, 0.2) is 0 Å². The first-order chi connectivity index (χ1) is 8.79. The van der Waals surface area contributed by atoms with Crippen LogP contribution in [0.3, 0.4) is 0 Å². The summed E-state index contributed by atoms with van der Waals surface area (Å²) in [5.41, 5.74) is 0.957. The van der Waals surface area contributed by atoms with Crippen LogP contribution in [0.15, 0.2) is 12.4 Å². The van der Waals surface area contributed by atoms with Crippen LogP contribution >= 0.6 is 0 Å². The fourth-order valence-electron chi connectivity index (χ4n) is 2.70. The second-order valence-electron chi connectivity index (χ2n) is 4.59. The first-order valence-corrected chi connectivity index (χ1v) is 6.06. The molecule has 2 aliphatic heterocycles. The molecular formula is C12H15N3O3. The number of anilines is 1. The van der Waals surface area contributed by atoms with E-state index in [4.69, 9.17) is 4.74 Å². The fourth-order valence-corrected chi connectivity index (χ4v) is 2.70. The number of aromatic nitrogens is 2. The van der Waals surface area contributed by atoms with E-state index in [0.717, 1.165) is 31.7 Å². The summed E-state index contributed by atoms with van der Waals surface area (Å²) in [6.07, 6.45) is 5.67. The lowest BCUT2D eigenvalue weighted by atomic mass is 10.2. The maximum Gasteiger partial charge on any atom is 0.376 e. The summed E-state index contributed by atoms with van der Waals surface area (Å²) >= 11 is 0. The van der Waals surface area contributed by atoms with E-state index in [1.165, 1.54) is 7.11 Å². The quantitative estimate of drug-likeness (QED) is 0.716. The lowest BCUT2D eigenvalue weighted by Crippen LogP contribution is -2.46. The Morgan fingerprint density at radius 1 is 1.33 bits per heavy atom. The highest BCUT2D eigenvalue weighted by Gasteiger charge is 2.37. The predicted octanol–water partition coefficient (Wildman–Crippen LogP) is 0.631. The molecule has 0 radical (unpaired) electrons. The van der Waals surface area contributed by atoms with Crippen LogP contribution in [0.25, 0.3) is 0 Å². The van der Waals surface area contributed by atoms with Gasteiger partial charge in [-0.05, 0) is 12.8 Å². The predicted molar refractivity (Wildman–Crippen MR) is 63.5 cm³/mol. The second kappa shape index (κ2) is 4.53. The van der Waals surface area contributed by atoms with Crippen LogP contribution < -0.4 is 4.90 Å². The molecule has 2 aliphatic rings. The molecule has 1 aromatic rings. The van der Waals surface area contributed by atoms with Crippen molar-refractivity contribution in [1.82, 2.24) is 9.97 Å². The first-order valence-electron chi connectivity index (χ1n) is 6.06. The molecule has 0 amide bonds. The molecule has 0 spiro atoms. The second-order valence-corrected chi connectivity index (χ2v) is 4.59. The number of rotatable bonds is 2. The molecule has 0 aromatic carbocycles. The molecule has 2 unspecified atom stereocenters. The highest BCUT2D eigenvalue weighted by molar-refractivity contribution is 5.85. The fraction of sp³-hybridized carbons (Fsp3) is 0.583. The molecule has 2 atom stereocenters. The molecule has 2 fully saturated rings. The van der Waals surface area contributed by atoms with Gasteiger partial charge in [0.05, 0.1) is 50.5 Å². The van der Waals surface area contributed by atoms with E-state index in [9.17, 15) is 4.79 Å². The van der Waals surface area contributed by atoms with Crippen molar-refractivity contribution in [3.8, 4) is 0 Å². The van der Waals surface area contributed by atoms with E-state index < -0.39 is 5.97 Å². The third-order valence-electron chi connectivity index (χ3n) is 3.54. The number of carbonyl (C=O) groups is 1. The Hall–Kier alpha value is -1.69. The maximum absolute atomic E-state index is 11.3. The van der Waals surface area contributed by atoms with Gasteiger partial charge in [-0.15, -0.1) is 0 Å². The Morgan fingerprint density at radius 3 is 2.50 bits per heavy atom. The van der Waals surface area contributed by atoms with Gasteiger partial charge in [-0.25, -0.2) is 14.8 Å². The molecule has 96 valence electrons. The number of hydrogen-bond donors (Lipinski definition) is 0. The third-order valence-corrected chi connectivity index (χ3v) is 3.54. The largest absolute Gasteiger partial charge is 0.463 e. The van der Waals surface area contributed by atoms with Crippen LogP contribution in [0.1, 0.15) is 23.5 Å². The Labute approximate surface area is 105 Å². The van der Waals surface area contributed by atoms with E-state index in [2.05, 4.69) is 19.6 Å². The molecular weight excluding hydrogens is 234 g/mol. The van der Waals surface area contributed by atoms with Crippen molar-refractivity contribution >= 4 is 11.7 Å². The minimum Gasteiger partial charge on any atom is -0.463 e. The molecule has 0 aliphatic carbocycles. The Morgan fingerprint density at radius 2 is 1.94 bits per heavy atom. The lowest BCUT2D eigenvalue weighted by molar-refractivity contribution is 0.0586. The van der Waals surface area contributed by atoms with Crippen LogP contribution in [0, 0.1) is 0 Å². The van der Waals surface area contributed by atoms with Gasteiger partial charge in [0.25, 0.3) is 0 Å². The number of fused-ring (bicyclic) bond motifs is 2. The highest BCUT2D eigenvalue weighted by Crippen LogP contribution is 2.33. The van der Waals surface area contributed by atoms with Crippen LogP contribution in [0.2, 0.25) is 0 Å². The van der Waals surface area contributed by atoms with E-state index in [0.29, 0.717) is 12.1 Å². The van der Waals surface area contributed by atoms with Gasteiger partial charge in [-0.3, -0.25) is 0 Å². The van der Waals surface area contributed by atoms with Crippen molar-refractivity contribution in [3.05, 3.63) is 18.2 Å². The summed E-state index contributed by atoms with van der Waals surface area (Å²) in [6, 6.07) is 0.827. The van der Waals surface area contributed by atoms with Gasteiger partial charge in [-0.2, -0.15) is 0 Å². The Balaban J connectivity index is 1.83. The van der Waals surface area contributed by atoms with E-state index in [1.54, 1.807) is 12.4 Å². The first kappa shape index (κ1) is 11.4. The minimum atomic E-state index is -0.508. The number of nitrogens with zero attached hydrogens (tertiary/aromatic N) is 3. The van der Waals surface area contributed by atoms with Crippen molar-refractivity contribution in [2.75, 3.05) is 25.2 Å². The SMILES string of the molecule is COC(=O)c1ncc(N2C3CCC2COC3)cn1. The average molecular weight is 249 g/mol. The number of methoxy groups -OCH3 is 1. The van der Waals surface area contributed by atoms with Crippen LogP contribution in [0.5, 0.6) is 0 Å². The number of esters is 1. The van der Waals surface area contributed by atoms with Gasteiger partial charge in [-0.1, -0.05) is 0 Å². The van der Waals surface area contributed by atoms with Crippen molar-refractivity contribution in [2.45, 2.75) is 24.9 Å². The molecule has 3 heterocycles. The summed E-state index contributed by atoms with van der Waals surface area (Å²) < 4.78 is 10.1. The van der Waals surface area contributed by atoms with Crippen LogP contribution in [-0.2, 0) is 9.47 Å². The van der Waals surface area contributed by atoms with Crippen molar-refractivity contribution in [3.63, 3.8) is 0 Å². The van der Waals surface area contributed by atoms with Gasteiger partial charge in [0, 0.05) is 0 Å².